The Morgan fingerprint density at radius 1 is 1.25 bits per heavy atom. The summed E-state index contributed by atoms with van der Waals surface area (Å²) in [7, 11) is 1.73. The molecule has 0 fully saturated rings. The molecule has 1 amide bonds. The largest absolute Gasteiger partial charge is 0.481 e. The summed E-state index contributed by atoms with van der Waals surface area (Å²) >= 11 is 1.16. The first kappa shape index (κ1) is 16.3. The number of hydrogen-bond acceptors (Lipinski definition) is 4. The Kier molecular flexibility index (Phi) is 4.40. The van der Waals surface area contributed by atoms with E-state index in [9.17, 15) is 9.59 Å². The smallest absolute Gasteiger partial charge is 0.307 e. The van der Waals surface area contributed by atoms with Crippen LogP contribution >= 0.6 is 11.3 Å². The van der Waals surface area contributed by atoms with Crippen molar-refractivity contribution in [3.8, 4) is 5.75 Å². The molecule has 1 aromatic heterocycles. The molecule has 1 heterocycles. The van der Waals surface area contributed by atoms with E-state index in [0.717, 1.165) is 27.1 Å². The minimum Gasteiger partial charge on any atom is -0.481 e. The van der Waals surface area contributed by atoms with Gasteiger partial charge < -0.3 is 14.6 Å². The highest BCUT2D eigenvalue weighted by Gasteiger charge is 2.16. The number of carbonyl (C=O) groups excluding carboxylic acids is 1. The van der Waals surface area contributed by atoms with E-state index in [1.165, 1.54) is 0 Å². The molecule has 0 radical (unpaired) electrons. The van der Waals surface area contributed by atoms with Crippen molar-refractivity contribution in [3.05, 3.63) is 57.7 Å². The maximum Gasteiger partial charge on any atom is 0.307 e. The number of aryl methyl sites for hydroxylation is 2. The minimum absolute atomic E-state index is 0.0234. The standard InChI is InChI=1S/C18H18N2O3S/c1-11-6-4-5-7-15(11)23-12(2)17(21)19-13-8-9-14-16(10-13)24-18(22)20(14)3/h4-10,12H,1-3H3,(H,19,21)/t12-/m0/s1. The third kappa shape index (κ3) is 3.19. The van der Waals surface area contributed by atoms with Gasteiger partial charge in [0.2, 0.25) is 0 Å². The van der Waals surface area contributed by atoms with Crippen molar-refractivity contribution >= 4 is 33.1 Å². The third-order valence-electron chi connectivity index (χ3n) is 3.83. The molecule has 124 valence electrons. The molecule has 0 bridgehead atoms. The molecule has 24 heavy (non-hydrogen) atoms. The van der Waals surface area contributed by atoms with Crippen LogP contribution in [0.15, 0.2) is 47.3 Å². The van der Waals surface area contributed by atoms with E-state index in [0.29, 0.717) is 11.4 Å². The van der Waals surface area contributed by atoms with Gasteiger partial charge in [0.1, 0.15) is 5.75 Å². The van der Waals surface area contributed by atoms with Crippen LogP contribution in [-0.4, -0.2) is 16.6 Å². The molecule has 3 aromatic rings. The maximum atomic E-state index is 12.3. The highest BCUT2D eigenvalue weighted by molar-refractivity contribution is 7.16. The highest BCUT2D eigenvalue weighted by Crippen LogP contribution is 2.22. The SMILES string of the molecule is Cc1ccccc1O[C@@H](C)C(=O)Nc1ccc2c(c1)sc(=O)n2C. The zero-order valence-electron chi connectivity index (χ0n) is 13.7. The Morgan fingerprint density at radius 3 is 2.75 bits per heavy atom. The summed E-state index contributed by atoms with van der Waals surface area (Å²) in [5.74, 6) is 0.456. The van der Waals surface area contributed by atoms with E-state index in [2.05, 4.69) is 5.32 Å². The summed E-state index contributed by atoms with van der Waals surface area (Å²) in [6.45, 7) is 3.65. The predicted octanol–water partition coefficient (Wildman–Crippen LogP) is 3.31. The van der Waals surface area contributed by atoms with Gasteiger partial charge in [-0.05, 0) is 43.7 Å². The summed E-state index contributed by atoms with van der Waals surface area (Å²) < 4.78 is 8.16. The monoisotopic (exact) mass is 342 g/mol. The number of aromatic nitrogens is 1. The number of amides is 1. The zero-order chi connectivity index (χ0) is 17.3. The van der Waals surface area contributed by atoms with Gasteiger partial charge in [-0.25, -0.2) is 0 Å². The Labute approximate surface area is 143 Å². The molecular formula is C18H18N2O3S. The summed E-state index contributed by atoms with van der Waals surface area (Å²) in [4.78, 5) is 24.0. The second kappa shape index (κ2) is 6.49. The van der Waals surface area contributed by atoms with Gasteiger partial charge in [0, 0.05) is 12.7 Å². The van der Waals surface area contributed by atoms with Crippen LogP contribution < -0.4 is 14.9 Å². The first-order chi connectivity index (χ1) is 11.5. The molecule has 3 rings (SSSR count). The van der Waals surface area contributed by atoms with E-state index >= 15 is 0 Å². The number of hydrogen-bond donors (Lipinski definition) is 1. The van der Waals surface area contributed by atoms with Crippen LogP contribution in [-0.2, 0) is 11.8 Å². The first-order valence-electron chi connectivity index (χ1n) is 7.58. The lowest BCUT2D eigenvalue weighted by Crippen LogP contribution is -2.30. The molecule has 2 aromatic carbocycles. The van der Waals surface area contributed by atoms with Gasteiger partial charge in [-0.3, -0.25) is 9.59 Å². The lowest BCUT2D eigenvalue weighted by atomic mass is 10.2. The van der Waals surface area contributed by atoms with Crippen LogP contribution in [0.4, 0.5) is 5.69 Å². The summed E-state index contributed by atoms with van der Waals surface area (Å²) in [6, 6.07) is 13.0. The van der Waals surface area contributed by atoms with Crippen molar-refractivity contribution in [2.24, 2.45) is 7.05 Å². The number of para-hydroxylation sites is 1. The third-order valence-corrected chi connectivity index (χ3v) is 4.82. The van der Waals surface area contributed by atoms with Gasteiger partial charge in [0.15, 0.2) is 6.10 Å². The number of nitrogens with one attached hydrogen (secondary N) is 1. The van der Waals surface area contributed by atoms with E-state index in [1.807, 2.05) is 37.3 Å². The van der Waals surface area contributed by atoms with Gasteiger partial charge >= 0.3 is 4.87 Å². The van der Waals surface area contributed by atoms with E-state index in [4.69, 9.17) is 4.74 Å². The number of carbonyl (C=O) groups is 1. The number of nitrogens with zero attached hydrogens (tertiary/aromatic N) is 1. The Morgan fingerprint density at radius 2 is 2.00 bits per heavy atom. The number of ether oxygens (including phenoxy) is 1. The molecule has 0 aliphatic heterocycles. The van der Waals surface area contributed by atoms with Crippen LogP contribution in [0.5, 0.6) is 5.75 Å². The normalized spacial score (nSPS) is 12.1. The lowest BCUT2D eigenvalue weighted by Gasteiger charge is -2.16. The molecule has 0 saturated heterocycles. The molecule has 0 spiro atoms. The molecule has 5 nitrogen and oxygen atoms in total. The van der Waals surface area contributed by atoms with Crippen molar-refractivity contribution in [3.63, 3.8) is 0 Å². The molecule has 0 aliphatic carbocycles. The second-order valence-corrected chi connectivity index (χ2v) is 6.62. The topological polar surface area (TPSA) is 60.3 Å². The van der Waals surface area contributed by atoms with E-state index in [1.54, 1.807) is 30.7 Å². The van der Waals surface area contributed by atoms with Crippen LogP contribution in [0, 0.1) is 6.92 Å². The summed E-state index contributed by atoms with van der Waals surface area (Å²) in [6.07, 6.45) is -0.628. The Balaban J connectivity index is 1.74. The average Bonchev–Trinajstić information content (AvgIpc) is 2.83. The highest BCUT2D eigenvalue weighted by atomic mass is 32.1. The molecule has 0 saturated carbocycles. The number of fused-ring (bicyclic) bond motifs is 1. The van der Waals surface area contributed by atoms with Crippen molar-refractivity contribution in [1.82, 2.24) is 4.57 Å². The summed E-state index contributed by atoms with van der Waals surface area (Å²) in [5, 5.41) is 2.83. The second-order valence-electron chi connectivity index (χ2n) is 5.62. The first-order valence-corrected chi connectivity index (χ1v) is 8.40. The predicted molar refractivity (Wildman–Crippen MR) is 97.0 cm³/mol. The van der Waals surface area contributed by atoms with Gasteiger partial charge in [-0.2, -0.15) is 0 Å². The van der Waals surface area contributed by atoms with Crippen LogP contribution in [0.1, 0.15) is 12.5 Å². The Bertz CT molecular complexity index is 958. The van der Waals surface area contributed by atoms with Crippen LogP contribution in [0.2, 0.25) is 0 Å². The van der Waals surface area contributed by atoms with Gasteiger partial charge in [0.25, 0.3) is 5.91 Å². The van der Waals surface area contributed by atoms with Gasteiger partial charge in [-0.1, -0.05) is 29.5 Å². The van der Waals surface area contributed by atoms with E-state index < -0.39 is 6.10 Å². The molecule has 0 unspecified atom stereocenters. The molecule has 1 N–H and O–H groups in total. The number of benzene rings is 2. The maximum absolute atomic E-state index is 12.3. The van der Waals surface area contributed by atoms with Crippen molar-refractivity contribution < 1.29 is 9.53 Å². The quantitative estimate of drug-likeness (QED) is 0.791. The van der Waals surface area contributed by atoms with E-state index in [-0.39, 0.29) is 10.8 Å². The number of anilines is 1. The molecular weight excluding hydrogens is 324 g/mol. The number of thiazole rings is 1. The fourth-order valence-electron chi connectivity index (χ4n) is 2.39. The average molecular weight is 342 g/mol. The van der Waals surface area contributed by atoms with Crippen LogP contribution in [0.25, 0.3) is 10.2 Å². The fraction of sp³-hybridized carbons (Fsp3) is 0.222. The van der Waals surface area contributed by atoms with Gasteiger partial charge in [0.05, 0.1) is 10.2 Å². The molecule has 1 atom stereocenters. The lowest BCUT2D eigenvalue weighted by molar-refractivity contribution is -0.122. The minimum atomic E-state index is -0.628. The zero-order valence-corrected chi connectivity index (χ0v) is 14.5. The molecule has 6 heteroatoms. The Hall–Kier alpha value is -2.60. The van der Waals surface area contributed by atoms with Crippen LogP contribution in [0.3, 0.4) is 0 Å². The fourth-order valence-corrected chi connectivity index (χ4v) is 3.31. The van der Waals surface area contributed by atoms with Crippen molar-refractivity contribution in [2.45, 2.75) is 20.0 Å². The van der Waals surface area contributed by atoms with Gasteiger partial charge in [-0.15, -0.1) is 0 Å². The van der Waals surface area contributed by atoms with Crippen molar-refractivity contribution in [1.29, 1.82) is 0 Å². The van der Waals surface area contributed by atoms with Crippen molar-refractivity contribution in [2.75, 3.05) is 5.32 Å². The number of rotatable bonds is 4. The summed E-state index contributed by atoms with van der Waals surface area (Å²) in [5.41, 5.74) is 2.48. The molecule has 0 aliphatic rings.